The van der Waals surface area contributed by atoms with Gasteiger partial charge < -0.3 is 14.0 Å². The number of methoxy groups -OCH3 is 1. The van der Waals surface area contributed by atoms with E-state index in [2.05, 4.69) is 10.1 Å². The van der Waals surface area contributed by atoms with Crippen molar-refractivity contribution in [2.24, 2.45) is 0 Å². The van der Waals surface area contributed by atoms with Crippen LogP contribution < -0.4 is 4.74 Å². The van der Waals surface area contributed by atoms with Gasteiger partial charge in [0.2, 0.25) is 5.82 Å². The Hall–Kier alpha value is -3.20. The topological polar surface area (TPSA) is 109 Å². The second-order valence-corrected chi connectivity index (χ2v) is 7.97. The lowest BCUT2D eigenvalue weighted by atomic mass is 10.2. The summed E-state index contributed by atoms with van der Waals surface area (Å²) in [7, 11) is -2.01. The lowest BCUT2D eigenvalue weighted by Gasteiger charge is -2.08. The van der Waals surface area contributed by atoms with E-state index in [0.717, 1.165) is 0 Å². The van der Waals surface area contributed by atoms with E-state index in [4.69, 9.17) is 14.0 Å². The van der Waals surface area contributed by atoms with Crippen LogP contribution in [0.15, 0.2) is 57.9 Å². The first-order chi connectivity index (χ1) is 13.4. The zero-order valence-corrected chi connectivity index (χ0v) is 16.1. The SMILES string of the molecule is CCS(=O)(=O)c1ccccc1C(=O)OCc1nc(-c2cccc(OC)c2)no1. The van der Waals surface area contributed by atoms with Crippen molar-refractivity contribution >= 4 is 15.8 Å². The first-order valence-corrected chi connectivity index (χ1v) is 10.1. The van der Waals surface area contributed by atoms with E-state index in [1.165, 1.54) is 19.1 Å². The fraction of sp³-hybridized carbons (Fsp3) is 0.211. The van der Waals surface area contributed by atoms with Crippen LogP contribution in [0.25, 0.3) is 11.4 Å². The number of carbonyl (C=O) groups excluding carboxylic acids is 1. The molecule has 9 heteroatoms. The summed E-state index contributed by atoms with van der Waals surface area (Å²) in [5, 5.41) is 3.85. The molecule has 0 atom stereocenters. The van der Waals surface area contributed by atoms with E-state index in [1.54, 1.807) is 43.5 Å². The van der Waals surface area contributed by atoms with Crippen LogP contribution in [0, 0.1) is 0 Å². The monoisotopic (exact) mass is 402 g/mol. The van der Waals surface area contributed by atoms with E-state index < -0.39 is 15.8 Å². The van der Waals surface area contributed by atoms with Gasteiger partial charge in [0.05, 0.1) is 23.3 Å². The van der Waals surface area contributed by atoms with Gasteiger partial charge in [0, 0.05) is 5.56 Å². The van der Waals surface area contributed by atoms with Crippen molar-refractivity contribution in [1.29, 1.82) is 0 Å². The summed E-state index contributed by atoms with van der Waals surface area (Å²) in [6, 6.07) is 13.0. The molecule has 0 aliphatic carbocycles. The number of benzene rings is 2. The van der Waals surface area contributed by atoms with E-state index in [9.17, 15) is 13.2 Å². The Bertz CT molecular complexity index is 1090. The fourth-order valence-corrected chi connectivity index (χ4v) is 3.54. The summed E-state index contributed by atoms with van der Waals surface area (Å²) in [4.78, 5) is 16.5. The molecular formula is C19H18N2O6S. The summed E-state index contributed by atoms with van der Waals surface area (Å²) in [6.45, 7) is 1.23. The molecule has 0 spiro atoms. The van der Waals surface area contributed by atoms with Crippen molar-refractivity contribution < 1.29 is 27.2 Å². The first-order valence-electron chi connectivity index (χ1n) is 8.40. The van der Waals surface area contributed by atoms with E-state index in [0.29, 0.717) is 17.1 Å². The average molecular weight is 402 g/mol. The largest absolute Gasteiger partial charge is 0.497 e. The molecule has 1 heterocycles. The minimum Gasteiger partial charge on any atom is -0.497 e. The van der Waals surface area contributed by atoms with Crippen LogP contribution in [0.2, 0.25) is 0 Å². The third kappa shape index (κ3) is 4.20. The van der Waals surface area contributed by atoms with E-state index in [-0.39, 0.29) is 28.7 Å². The number of esters is 1. The Balaban J connectivity index is 1.74. The summed E-state index contributed by atoms with van der Waals surface area (Å²) in [5.74, 6) is 0.142. The molecule has 0 bridgehead atoms. The van der Waals surface area contributed by atoms with Crippen LogP contribution in [0.3, 0.4) is 0 Å². The van der Waals surface area contributed by atoms with Gasteiger partial charge in [0.25, 0.3) is 5.89 Å². The highest BCUT2D eigenvalue weighted by Gasteiger charge is 2.22. The predicted octanol–water partition coefficient (Wildman–Crippen LogP) is 2.90. The molecule has 0 aliphatic heterocycles. The number of rotatable bonds is 7. The molecule has 0 N–H and O–H groups in total. The number of aromatic nitrogens is 2. The molecule has 0 aliphatic rings. The van der Waals surface area contributed by atoms with Crippen molar-refractivity contribution in [3.8, 4) is 17.1 Å². The van der Waals surface area contributed by atoms with Gasteiger partial charge in [-0.15, -0.1) is 0 Å². The number of nitrogens with zero attached hydrogens (tertiary/aromatic N) is 2. The first kappa shape index (κ1) is 19.6. The van der Waals surface area contributed by atoms with Crippen LogP contribution in [0.4, 0.5) is 0 Å². The predicted molar refractivity (Wildman–Crippen MR) is 99.6 cm³/mol. The average Bonchev–Trinajstić information content (AvgIpc) is 3.21. The molecule has 3 aromatic rings. The molecule has 8 nitrogen and oxygen atoms in total. The van der Waals surface area contributed by atoms with Crippen LogP contribution >= 0.6 is 0 Å². The van der Waals surface area contributed by atoms with Crippen molar-refractivity contribution in [1.82, 2.24) is 10.1 Å². The summed E-state index contributed by atoms with van der Waals surface area (Å²) >= 11 is 0. The minimum absolute atomic E-state index is 0.0307. The number of carbonyl (C=O) groups is 1. The van der Waals surface area contributed by atoms with Crippen molar-refractivity contribution in [3.05, 3.63) is 60.0 Å². The van der Waals surface area contributed by atoms with Crippen LogP contribution in [-0.2, 0) is 21.2 Å². The van der Waals surface area contributed by atoms with Gasteiger partial charge in [0.15, 0.2) is 16.4 Å². The fourth-order valence-electron chi connectivity index (χ4n) is 2.46. The Morgan fingerprint density at radius 1 is 1.14 bits per heavy atom. The second-order valence-electron chi connectivity index (χ2n) is 5.72. The third-order valence-corrected chi connectivity index (χ3v) is 5.73. The molecule has 3 rings (SSSR count). The normalized spacial score (nSPS) is 11.2. The van der Waals surface area contributed by atoms with E-state index in [1.807, 2.05) is 0 Å². The second kappa shape index (κ2) is 8.22. The Labute approximate surface area is 162 Å². The van der Waals surface area contributed by atoms with Crippen LogP contribution in [-0.4, -0.2) is 37.4 Å². The molecule has 146 valence electrons. The maximum atomic E-state index is 12.4. The number of ether oxygens (including phenoxy) is 2. The lowest BCUT2D eigenvalue weighted by Crippen LogP contribution is -2.13. The molecule has 0 radical (unpaired) electrons. The number of hydrogen-bond donors (Lipinski definition) is 0. The van der Waals surface area contributed by atoms with Gasteiger partial charge in [-0.3, -0.25) is 0 Å². The quantitative estimate of drug-likeness (QED) is 0.555. The molecule has 0 unspecified atom stereocenters. The van der Waals surface area contributed by atoms with Gasteiger partial charge in [-0.1, -0.05) is 36.3 Å². The van der Waals surface area contributed by atoms with Gasteiger partial charge >= 0.3 is 5.97 Å². The van der Waals surface area contributed by atoms with Crippen molar-refractivity contribution in [3.63, 3.8) is 0 Å². The number of sulfone groups is 1. The maximum Gasteiger partial charge on any atom is 0.339 e. The lowest BCUT2D eigenvalue weighted by molar-refractivity contribution is 0.0425. The maximum absolute atomic E-state index is 12.4. The molecule has 2 aromatic carbocycles. The zero-order valence-electron chi connectivity index (χ0n) is 15.3. The van der Waals surface area contributed by atoms with Crippen LogP contribution in [0.5, 0.6) is 5.75 Å². The van der Waals surface area contributed by atoms with Gasteiger partial charge in [-0.25, -0.2) is 13.2 Å². The molecule has 0 fully saturated rings. The smallest absolute Gasteiger partial charge is 0.339 e. The molecule has 0 saturated carbocycles. The van der Waals surface area contributed by atoms with Gasteiger partial charge in [0.1, 0.15) is 5.75 Å². The Morgan fingerprint density at radius 2 is 1.93 bits per heavy atom. The van der Waals surface area contributed by atoms with Crippen molar-refractivity contribution in [2.45, 2.75) is 18.4 Å². The standard InChI is InChI=1S/C19H18N2O6S/c1-3-28(23,24)16-10-5-4-9-15(16)19(22)26-12-17-20-18(21-27-17)13-7-6-8-14(11-13)25-2/h4-11H,3,12H2,1-2H3. The highest BCUT2D eigenvalue weighted by molar-refractivity contribution is 7.91. The molecular weight excluding hydrogens is 384 g/mol. The Morgan fingerprint density at radius 3 is 2.68 bits per heavy atom. The van der Waals surface area contributed by atoms with Gasteiger partial charge in [-0.2, -0.15) is 4.98 Å². The number of hydrogen-bond acceptors (Lipinski definition) is 8. The third-order valence-electron chi connectivity index (χ3n) is 3.94. The Kier molecular flexibility index (Phi) is 5.74. The van der Waals surface area contributed by atoms with Crippen LogP contribution in [0.1, 0.15) is 23.2 Å². The summed E-state index contributed by atoms with van der Waals surface area (Å²) in [6.07, 6.45) is 0. The highest BCUT2D eigenvalue weighted by Crippen LogP contribution is 2.22. The summed E-state index contributed by atoms with van der Waals surface area (Å²) in [5.41, 5.74) is 0.650. The van der Waals surface area contributed by atoms with Crippen molar-refractivity contribution in [2.75, 3.05) is 12.9 Å². The molecule has 0 saturated heterocycles. The highest BCUT2D eigenvalue weighted by atomic mass is 32.2. The molecule has 28 heavy (non-hydrogen) atoms. The molecule has 1 aromatic heterocycles. The zero-order chi connectivity index (χ0) is 20.1. The summed E-state index contributed by atoms with van der Waals surface area (Å²) < 4.78 is 39.7. The van der Waals surface area contributed by atoms with E-state index >= 15 is 0 Å². The van der Waals surface area contributed by atoms with Gasteiger partial charge in [-0.05, 0) is 24.3 Å². The minimum atomic E-state index is -3.56. The molecule has 0 amide bonds.